The molecule has 0 amide bonds. The van der Waals surface area contributed by atoms with Crippen LogP contribution in [0.25, 0.3) is 11.0 Å². The van der Waals surface area contributed by atoms with Gasteiger partial charge in [0, 0.05) is 13.2 Å². The van der Waals surface area contributed by atoms with E-state index in [4.69, 9.17) is 0 Å². The van der Waals surface area contributed by atoms with Gasteiger partial charge in [-0.25, -0.2) is 9.97 Å². The van der Waals surface area contributed by atoms with Gasteiger partial charge in [0.05, 0.1) is 17.2 Å². The Hall–Kier alpha value is -1.38. The minimum atomic E-state index is 0.998. The van der Waals surface area contributed by atoms with E-state index in [1.807, 2.05) is 30.1 Å². The molecule has 0 N–H and O–H groups in total. The standard InChI is InChI=1S/C7H7N3/c1-10-3-2-6-7(10)4-8-5-9-6/h2-5H,1H3. The second-order valence-electron chi connectivity index (χ2n) is 2.22. The summed E-state index contributed by atoms with van der Waals surface area (Å²) in [6, 6.07) is 1.97. The lowest BCUT2D eigenvalue weighted by molar-refractivity contribution is 0.962. The Morgan fingerprint density at radius 3 is 3.20 bits per heavy atom. The number of nitrogens with zero attached hydrogens (tertiary/aromatic N) is 3. The van der Waals surface area contributed by atoms with Crippen LogP contribution in [0.2, 0.25) is 0 Å². The molecule has 0 aromatic carbocycles. The largest absolute Gasteiger partial charge is 0.348 e. The first kappa shape index (κ1) is 5.41. The SMILES string of the molecule is Cn1ccc2ncncc21. The van der Waals surface area contributed by atoms with Crippen LogP contribution < -0.4 is 0 Å². The molecule has 3 nitrogen and oxygen atoms in total. The van der Waals surface area contributed by atoms with Gasteiger partial charge in [-0.05, 0) is 6.07 Å². The van der Waals surface area contributed by atoms with E-state index in [2.05, 4.69) is 9.97 Å². The lowest BCUT2D eigenvalue weighted by Gasteiger charge is -1.90. The fourth-order valence-corrected chi connectivity index (χ4v) is 0.995. The highest BCUT2D eigenvalue weighted by atomic mass is 15.0. The van der Waals surface area contributed by atoms with Crippen LogP contribution in [-0.4, -0.2) is 14.5 Å². The Kier molecular flexibility index (Phi) is 0.974. The number of aryl methyl sites for hydroxylation is 1. The van der Waals surface area contributed by atoms with Crippen LogP contribution in [0.4, 0.5) is 0 Å². The van der Waals surface area contributed by atoms with E-state index in [1.165, 1.54) is 0 Å². The number of fused-ring (bicyclic) bond motifs is 1. The van der Waals surface area contributed by atoms with Crippen LogP contribution in [0.1, 0.15) is 0 Å². The predicted octanol–water partition coefficient (Wildman–Crippen LogP) is 0.968. The van der Waals surface area contributed by atoms with Crippen LogP contribution >= 0.6 is 0 Å². The monoisotopic (exact) mass is 133 g/mol. The van der Waals surface area contributed by atoms with Crippen molar-refractivity contribution in [3.05, 3.63) is 24.8 Å². The number of hydrogen-bond acceptors (Lipinski definition) is 2. The highest BCUT2D eigenvalue weighted by molar-refractivity contribution is 5.73. The predicted molar refractivity (Wildman–Crippen MR) is 38.5 cm³/mol. The molecule has 2 heterocycles. The van der Waals surface area contributed by atoms with Gasteiger partial charge in [-0.3, -0.25) is 0 Å². The van der Waals surface area contributed by atoms with Crippen LogP contribution in [0.3, 0.4) is 0 Å². The molecular formula is C7H7N3. The normalized spacial score (nSPS) is 10.5. The molecule has 0 radical (unpaired) electrons. The Labute approximate surface area is 58.3 Å². The Morgan fingerprint density at radius 1 is 1.50 bits per heavy atom. The van der Waals surface area contributed by atoms with Gasteiger partial charge in [-0.15, -0.1) is 0 Å². The zero-order valence-electron chi connectivity index (χ0n) is 5.65. The minimum absolute atomic E-state index is 0.998. The van der Waals surface area contributed by atoms with Crippen molar-refractivity contribution >= 4 is 11.0 Å². The van der Waals surface area contributed by atoms with Crippen molar-refractivity contribution in [3.63, 3.8) is 0 Å². The highest BCUT2D eigenvalue weighted by Crippen LogP contribution is 2.07. The number of hydrogen-bond donors (Lipinski definition) is 0. The first-order valence-electron chi connectivity index (χ1n) is 3.09. The summed E-state index contributed by atoms with van der Waals surface area (Å²) >= 11 is 0. The third-order valence-corrected chi connectivity index (χ3v) is 1.56. The molecular weight excluding hydrogens is 126 g/mol. The van der Waals surface area contributed by atoms with E-state index >= 15 is 0 Å². The Balaban J connectivity index is 2.93. The van der Waals surface area contributed by atoms with Gasteiger partial charge in [-0.1, -0.05) is 0 Å². The molecule has 0 aliphatic rings. The van der Waals surface area contributed by atoms with Crippen LogP contribution in [-0.2, 0) is 7.05 Å². The minimum Gasteiger partial charge on any atom is -0.348 e. The van der Waals surface area contributed by atoms with Gasteiger partial charge in [0.1, 0.15) is 6.33 Å². The fraction of sp³-hybridized carbons (Fsp3) is 0.143. The summed E-state index contributed by atoms with van der Waals surface area (Å²) in [7, 11) is 1.98. The first-order chi connectivity index (χ1) is 4.88. The second kappa shape index (κ2) is 1.80. The molecule has 2 aromatic rings. The molecule has 0 fully saturated rings. The summed E-state index contributed by atoms with van der Waals surface area (Å²) in [4.78, 5) is 7.98. The highest BCUT2D eigenvalue weighted by Gasteiger charge is 1.94. The van der Waals surface area contributed by atoms with Crippen molar-refractivity contribution < 1.29 is 0 Å². The molecule has 10 heavy (non-hydrogen) atoms. The molecule has 0 unspecified atom stereocenters. The summed E-state index contributed by atoms with van der Waals surface area (Å²) < 4.78 is 2.00. The average Bonchev–Trinajstić information content (AvgIpc) is 2.34. The third kappa shape index (κ3) is 0.603. The number of aromatic nitrogens is 3. The van der Waals surface area contributed by atoms with Crippen molar-refractivity contribution in [2.75, 3.05) is 0 Å². The summed E-state index contributed by atoms with van der Waals surface area (Å²) in [5, 5.41) is 0. The summed E-state index contributed by atoms with van der Waals surface area (Å²) in [5.74, 6) is 0. The summed E-state index contributed by atoms with van der Waals surface area (Å²) in [6.45, 7) is 0. The number of rotatable bonds is 0. The molecule has 0 aliphatic carbocycles. The van der Waals surface area contributed by atoms with Gasteiger partial charge in [0.2, 0.25) is 0 Å². The van der Waals surface area contributed by atoms with Crippen LogP contribution in [0, 0.1) is 0 Å². The second-order valence-corrected chi connectivity index (χ2v) is 2.22. The third-order valence-electron chi connectivity index (χ3n) is 1.56. The molecule has 0 aliphatic heterocycles. The molecule has 0 atom stereocenters. The van der Waals surface area contributed by atoms with Crippen molar-refractivity contribution in [3.8, 4) is 0 Å². The molecule has 3 heteroatoms. The van der Waals surface area contributed by atoms with Gasteiger partial charge >= 0.3 is 0 Å². The Morgan fingerprint density at radius 2 is 2.40 bits per heavy atom. The summed E-state index contributed by atoms with van der Waals surface area (Å²) in [5.41, 5.74) is 2.07. The Bertz CT molecular complexity index is 350. The summed E-state index contributed by atoms with van der Waals surface area (Å²) in [6.07, 6.45) is 5.34. The fourth-order valence-electron chi connectivity index (χ4n) is 0.995. The van der Waals surface area contributed by atoms with E-state index in [1.54, 1.807) is 6.33 Å². The maximum atomic E-state index is 4.07. The maximum Gasteiger partial charge on any atom is 0.116 e. The van der Waals surface area contributed by atoms with E-state index in [0.717, 1.165) is 11.0 Å². The topological polar surface area (TPSA) is 30.7 Å². The molecule has 0 spiro atoms. The van der Waals surface area contributed by atoms with Crippen LogP contribution in [0.5, 0.6) is 0 Å². The molecule has 0 saturated carbocycles. The van der Waals surface area contributed by atoms with Crippen molar-refractivity contribution in [1.82, 2.24) is 14.5 Å². The lowest BCUT2D eigenvalue weighted by Crippen LogP contribution is -1.84. The zero-order chi connectivity index (χ0) is 6.97. The van der Waals surface area contributed by atoms with Crippen LogP contribution in [0.15, 0.2) is 24.8 Å². The van der Waals surface area contributed by atoms with Crippen molar-refractivity contribution in [2.45, 2.75) is 0 Å². The molecule has 0 saturated heterocycles. The van der Waals surface area contributed by atoms with Crippen molar-refractivity contribution in [2.24, 2.45) is 7.05 Å². The van der Waals surface area contributed by atoms with Gasteiger partial charge < -0.3 is 4.57 Å². The van der Waals surface area contributed by atoms with Gasteiger partial charge in [0.15, 0.2) is 0 Å². The van der Waals surface area contributed by atoms with E-state index in [0.29, 0.717) is 0 Å². The molecule has 2 aromatic heterocycles. The van der Waals surface area contributed by atoms with Gasteiger partial charge in [0.25, 0.3) is 0 Å². The maximum absolute atomic E-state index is 4.07. The van der Waals surface area contributed by atoms with E-state index in [-0.39, 0.29) is 0 Å². The molecule has 2 rings (SSSR count). The average molecular weight is 133 g/mol. The zero-order valence-corrected chi connectivity index (χ0v) is 5.65. The van der Waals surface area contributed by atoms with Crippen molar-refractivity contribution in [1.29, 1.82) is 0 Å². The first-order valence-corrected chi connectivity index (χ1v) is 3.09. The lowest BCUT2D eigenvalue weighted by atomic mass is 10.5. The quantitative estimate of drug-likeness (QED) is 0.536. The smallest absolute Gasteiger partial charge is 0.116 e. The molecule has 0 bridgehead atoms. The van der Waals surface area contributed by atoms with E-state index in [9.17, 15) is 0 Å². The van der Waals surface area contributed by atoms with Gasteiger partial charge in [-0.2, -0.15) is 0 Å². The van der Waals surface area contributed by atoms with E-state index < -0.39 is 0 Å². The molecule has 50 valence electrons.